The van der Waals surface area contributed by atoms with Gasteiger partial charge in [-0.15, -0.1) is 6.58 Å². The van der Waals surface area contributed by atoms with Crippen LogP contribution in [0.5, 0.6) is 0 Å². The van der Waals surface area contributed by atoms with Crippen LogP contribution in [-0.2, 0) is 11.3 Å². The Bertz CT molecular complexity index is 1160. The van der Waals surface area contributed by atoms with E-state index in [1.807, 2.05) is 0 Å². The van der Waals surface area contributed by atoms with Gasteiger partial charge < -0.3 is 15.0 Å². The summed E-state index contributed by atoms with van der Waals surface area (Å²) in [6.45, 7) is 3.67. The van der Waals surface area contributed by atoms with E-state index < -0.39 is 24.0 Å². The minimum Gasteiger partial charge on any atom is -0.447 e. The molecular weight excluding hydrogens is 449 g/mol. The lowest BCUT2D eigenvalue weighted by molar-refractivity contribution is 0.118. The average Bonchev–Trinajstić information content (AvgIpc) is 2.82. The molecule has 8 nitrogen and oxygen atoms in total. The Kier molecular flexibility index (Phi) is 8.15. The first-order valence-electron chi connectivity index (χ1n) is 10.1. The first-order chi connectivity index (χ1) is 15.9. The van der Waals surface area contributed by atoms with E-state index in [1.165, 1.54) is 17.0 Å². The van der Waals surface area contributed by atoms with E-state index >= 15 is 0 Å². The number of carbonyl (C=O) groups excluding carboxylic acids is 2. The third kappa shape index (κ3) is 6.39. The fourth-order valence-electron chi connectivity index (χ4n) is 3.04. The highest BCUT2D eigenvalue weighted by atomic mass is 35.5. The van der Waals surface area contributed by atoms with E-state index in [9.17, 15) is 14.0 Å². The smallest absolute Gasteiger partial charge is 0.412 e. The third-order valence-electron chi connectivity index (χ3n) is 4.93. The van der Waals surface area contributed by atoms with Gasteiger partial charge in [-0.1, -0.05) is 29.8 Å². The zero-order valence-electron chi connectivity index (χ0n) is 17.9. The number of ether oxygens (including phenoxy) is 1. The first kappa shape index (κ1) is 23.9. The van der Waals surface area contributed by atoms with E-state index in [-0.39, 0.29) is 18.2 Å². The Morgan fingerprint density at radius 3 is 2.91 bits per heavy atom. The van der Waals surface area contributed by atoms with Gasteiger partial charge in [0.05, 0.1) is 11.1 Å². The number of halogens is 2. The molecule has 0 aliphatic rings. The molecule has 33 heavy (non-hydrogen) atoms. The summed E-state index contributed by atoms with van der Waals surface area (Å²) >= 11 is 5.93. The summed E-state index contributed by atoms with van der Waals surface area (Å²) in [4.78, 5) is 34.4. The number of likely N-dealkylation sites (N-methyl/N-ethyl adjacent to an activating group) is 1. The number of nitrogens with zero attached hydrogens (tertiary/aromatic N) is 3. The van der Waals surface area contributed by atoms with Gasteiger partial charge in [-0.25, -0.2) is 19.0 Å². The van der Waals surface area contributed by atoms with Crippen LogP contribution in [-0.4, -0.2) is 46.7 Å². The van der Waals surface area contributed by atoms with Gasteiger partial charge in [0.1, 0.15) is 18.2 Å². The normalized spacial score (nSPS) is 11.5. The minimum atomic E-state index is -0.703. The van der Waals surface area contributed by atoms with Crippen LogP contribution >= 0.6 is 11.6 Å². The maximum absolute atomic E-state index is 13.6. The second kappa shape index (κ2) is 11.2. The van der Waals surface area contributed by atoms with Gasteiger partial charge in [0, 0.05) is 37.6 Å². The van der Waals surface area contributed by atoms with Gasteiger partial charge in [0.15, 0.2) is 0 Å². The summed E-state index contributed by atoms with van der Waals surface area (Å²) in [6.07, 6.45) is 6.23. The van der Waals surface area contributed by atoms with Crippen molar-refractivity contribution in [2.24, 2.45) is 0 Å². The van der Waals surface area contributed by atoms with Crippen molar-refractivity contribution in [1.29, 1.82) is 0 Å². The SMILES string of the molecule is C=CC[C@@H](COC(=O)Nc1cc2ccncc2cn1)N(C)C(=O)NCc1cccc(F)c1Cl. The Hall–Kier alpha value is -3.72. The second-order valence-corrected chi connectivity index (χ2v) is 7.55. The molecule has 0 aliphatic carbocycles. The van der Waals surface area contributed by atoms with Crippen LogP contribution in [0.4, 0.5) is 19.8 Å². The molecule has 0 fully saturated rings. The molecule has 0 unspecified atom stereocenters. The van der Waals surface area contributed by atoms with E-state index in [4.69, 9.17) is 16.3 Å². The molecule has 1 aromatic carbocycles. The zero-order chi connectivity index (χ0) is 23.8. The van der Waals surface area contributed by atoms with Crippen molar-refractivity contribution in [1.82, 2.24) is 20.2 Å². The number of anilines is 1. The zero-order valence-corrected chi connectivity index (χ0v) is 18.7. The Morgan fingerprint density at radius 2 is 2.12 bits per heavy atom. The van der Waals surface area contributed by atoms with Crippen LogP contribution in [0.3, 0.4) is 0 Å². The fourth-order valence-corrected chi connectivity index (χ4v) is 3.23. The van der Waals surface area contributed by atoms with Gasteiger partial charge in [-0.2, -0.15) is 0 Å². The molecular formula is C23H23ClFN5O3. The number of benzene rings is 1. The molecule has 0 radical (unpaired) electrons. The molecule has 2 heterocycles. The third-order valence-corrected chi connectivity index (χ3v) is 5.35. The number of carbonyl (C=O) groups is 2. The molecule has 2 aromatic heterocycles. The van der Waals surface area contributed by atoms with Gasteiger partial charge in [0.25, 0.3) is 0 Å². The van der Waals surface area contributed by atoms with Crippen LogP contribution in [0.1, 0.15) is 12.0 Å². The van der Waals surface area contributed by atoms with E-state index in [0.29, 0.717) is 17.8 Å². The molecule has 0 aliphatic heterocycles. The molecule has 0 spiro atoms. The molecule has 2 N–H and O–H groups in total. The molecule has 0 saturated heterocycles. The number of rotatable bonds is 8. The summed E-state index contributed by atoms with van der Waals surface area (Å²) in [6, 6.07) is 6.99. The standard InChI is InChI=1S/C23H23ClFN5O3/c1-3-5-18(30(2)22(31)28-12-16-6-4-7-19(25)21(16)24)14-33-23(32)29-20-10-15-8-9-26-11-17(15)13-27-20/h3-4,6-11,13,18H,1,5,12,14H2,2H3,(H,28,31)(H,27,29,32)/t18-/m0/s1. The highest BCUT2D eigenvalue weighted by molar-refractivity contribution is 6.31. The largest absolute Gasteiger partial charge is 0.447 e. The van der Waals surface area contributed by atoms with Crippen LogP contribution in [0.25, 0.3) is 10.8 Å². The highest BCUT2D eigenvalue weighted by Crippen LogP contribution is 2.19. The van der Waals surface area contributed by atoms with Crippen LogP contribution in [0.15, 0.2) is 61.6 Å². The molecule has 0 saturated carbocycles. The van der Waals surface area contributed by atoms with Crippen molar-refractivity contribution in [2.75, 3.05) is 19.0 Å². The maximum Gasteiger partial charge on any atom is 0.412 e. The van der Waals surface area contributed by atoms with Crippen LogP contribution in [0.2, 0.25) is 5.02 Å². The van der Waals surface area contributed by atoms with Gasteiger partial charge in [-0.3, -0.25) is 10.3 Å². The molecule has 0 bridgehead atoms. The predicted molar refractivity (Wildman–Crippen MR) is 125 cm³/mol. The van der Waals surface area contributed by atoms with Crippen molar-refractivity contribution < 1.29 is 18.7 Å². The van der Waals surface area contributed by atoms with E-state index in [2.05, 4.69) is 27.2 Å². The summed E-state index contributed by atoms with van der Waals surface area (Å²) in [5.41, 5.74) is 0.452. The molecule has 172 valence electrons. The second-order valence-electron chi connectivity index (χ2n) is 7.18. The van der Waals surface area contributed by atoms with Crippen molar-refractivity contribution in [2.45, 2.75) is 19.0 Å². The first-order valence-corrected chi connectivity index (χ1v) is 10.4. The molecule has 1 atom stereocenters. The van der Waals surface area contributed by atoms with Crippen molar-refractivity contribution in [3.05, 3.63) is 78.0 Å². The molecule has 3 amide bonds. The number of urea groups is 1. The van der Waals surface area contributed by atoms with Gasteiger partial charge in [0.2, 0.25) is 0 Å². The summed E-state index contributed by atoms with van der Waals surface area (Å²) in [5, 5.41) is 6.92. The Morgan fingerprint density at radius 1 is 1.30 bits per heavy atom. The van der Waals surface area contributed by atoms with E-state index in [0.717, 1.165) is 10.8 Å². The lowest BCUT2D eigenvalue weighted by atomic mass is 10.2. The predicted octanol–water partition coefficient (Wildman–Crippen LogP) is 4.76. The van der Waals surface area contributed by atoms with Crippen molar-refractivity contribution in [3.8, 4) is 0 Å². The maximum atomic E-state index is 13.6. The van der Waals surface area contributed by atoms with Crippen LogP contribution in [0, 0.1) is 5.82 Å². The Balaban J connectivity index is 1.54. The quantitative estimate of drug-likeness (QED) is 0.462. The highest BCUT2D eigenvalue weighted by Gasteiger charge is 2.21. The summed E-state index contributed by atoms with van der Waals surface area (Å²) < 4.78 is 18.9. The number of pyridine rings is 2. The minimum absolute atomic E-state index is 0.0401. The lowest BCUT2D eigenvalue weighted by Crippen LogP contribution is -2.45. The fraction of sp³-hybridized carbons (Fsp3) is 0.217. The number of nitrogens with one attached hydrogen (secondary N) is 2. The summed E-state index contributed by atoms with van der Waals surface area (Å²) in [7, 11) is 1.57. The lowest BCUT2D eigenvalue weighted by Gasteiger charge is -2.27. The van der Waals surface area contributed by atoms with Gasteiger partial charge >= 0.3 is 12.1 Å². The summed E-state index contributed by atoms with van der Waals surface area (Å²) in [5.74, 6) is -0.227. The number of aromatic nitrogens is 2. The monoisotopic (exact) mass is 471 g/mol. The number of hydrogen-bond donors (Lipinski definition) is 2. The van der Waals surface area contributed by atoms with Crippen molar-refractivity contribution in [3.63, 3.8) is 0 Å². The van der Waals surface area contributed by atoms with Gasteiger partial charge in [-0.05, 0) is 35.6 Å². The molecule has 3 aromatic rings. The average molecular weight is 472 g/mol. The molecule has 3 rings (SSSR count). The number of hydrogen-bond acceptors (Lipinski definition) is 5. The topological polar surface area (TPSA) is 96.4 Å². The van der Waals surface area contributed by atoms with Crippen molar-refractivity contribution >= 4 is 40.3 Å². The molecule has 10 heteroatoms. The van der Waals surface area contributed by atoms with Crippen LogP contribution < -0.4 is 10.6 Å². The number of fused-ring (bicyclic) bond motifs is 1. The number of amides is 3. The van der Waals surface area contributed by atoms with E-state index in [1.54, 1.807) is 49.9 Å². The Labute approximate surface area is 195 Å².